The van der Waals surface area contributed by atoms with E-state index in [2.05, 4.69) is 17.1 Å². The van der Waals surface area contributed by atoms with Gasteiger partial charge in [0.2, 0.25) is 0 Å². The molecule has 4 aliphatic carbocycles. The highest BCUT2D eigenvalue weighted by atomic mass is 16.3. The largest absolute Gasteiger partial charge is 0.508 e. The van der Waals surface area contributed by atoms with Gasteiger partial charge >= 0.3 is 5.69 Å². The third-order valence-electron chi connectivity index (χ3n) is 6.92. The van der Waals surface area contributed by atoms with Gasteiger partial charge in [-0.15, -0.1) is 0 Å². The summed E-state index contributed by atoms with van der Waals surface area (Å²) in [5, 5.41) is 10.8. The monoisotopic (exact) mass is 351 g/mol. The molecule has 0 saturated heterocycles. The van der Waals surface area contributed by atoms with Crippen molar-refractivity contribution in [2.75, 3.05) is 5.73 Å². The first-order valence-electron chi connectivity index (χ1n) is 9.66. The van der Waals surface area contributed by atoms with Gasteiger partial charge in [0.1, 0.15) is 11.6 Å². The molecule has 0 amide bonds. The normalized spacial score (nSPS) is 32.1. The number of nitrogen functional groups attached to an aromatic ring is 1. The van der Waals surface area contributed by atoms with E-state index in [1.807, 2.05) is 6.07 Å². The van der Waals surface area contributed by atoms with Gasteiger partial charge in [-0.05, 0) is 79.4 Å². The first-order valence-corrected chi connectivity index (χ1v) is 9.66. The number of hydrogen-bond acceptors (Lipinski definition) is 4. The lowest BCUT2D eigenvalue weighted by atomic mass is 9.48. The minimum atomic E-state index is -0.366. The summed E-state index contributed by atoms with van der Waals surface area (Å²) >= 11 is 0. The molecule has 5 heteroatoms. The first-order chi connectivity index (χ1) is 12.5. The molecule has 26 heavy (non-hydrogen) atoms. The predicted molar refractivity (Wildman–Crippen MR) is 100.0 cm³/mol. The average Bonchev–Trinajstić information content (AvgIpc) is 2.56. The lowest BCUT2D eigenvalue weighted by molar-refractivity contribution is -0.00614. The predicted octanol–water partition coefficient (Wildman–Crippen LogP) is 3.05. The first kappa shape index (κ1) is 15.9. The van der Waals surface area contributed by atoms with Crippen LogP contribution in [0, 0.1) is 17.8 Å². The summed E-state index contributed by atoms with van der Waals surface area (Å²) in [6, 6.07) is 7.60. The summed E-state index contributed by atoms with van der Waals surface area (Å²) < 4.78 is 1.51. The van der Waals surface area contributed by atoms with Crippen LogP contribution in [-0.4, -0.2) is 14.7 Å². The van der Waals surface area contributed by atoms with Crippen molar-refractivity contribution in [3.63, 3.8) is 0 Å². The summed E-state index contributed by atoms with van der Waals surface area (Å²) in [4.78, 5) is 15.7. The Labute approximate surface area is 152 Å². The van der Waals surface area contributed by atoms with E-state index in [9.17, 15) is 9.90 Å². The molecule has 3 N–H and O–H groups in total. The van der Waals surface area contributed by atoms with E-state index >= 15 is 0 Å². The smallest absolute Gasteiger partial charge is 0.349 e. The molecule has 2 aromatic rings. The zero-order valence-electron chi connectivity index (χ0n) is 14.9. The number of benzene rings is 1. The lowest BCUT2D eigenvalue weighted by Crippen LogP contribution is -2.48. The molecule has 1 aromatic heterocycles. The van der Waals surface area contributed by atoms with Crippen molar-refractivity contribution < 1.29 is 5.11 Å². The molecule has 4 bridgehead atoms. The number of aromatic hydroxyl groups is 1. The van der Waals surface area contributed by atoms with E-state index in [0.717, 1.165) is 28.9 Å². The van der Waals surface area contributed by atoms with Crippen molar-refractivity contribution in [2.45, 2.75) is 50.5 Å². The molecule has 6 rings (SSSR count). The molecule has 136 valence electrons. The Morgan fingerprint density at radius 3 is 2.35 bits per heavy atom. The van der Waals surface area contributed by atoms with Crippen molar-refractivity contribution in [1.29, 1.82) is 0 Å². The van der Waals surface area contributed by atoms with Crippen LogP contribution in [0.15, 0.2) is 35.3 Å². The molecule has 0 unspecified atom stereocenters. The molecule has 0 spiro atoms. The Bertz CT molecular complexity index is 882. The Morgan fingerprint density at radius 2 is 1.77 bits per heavy atom. The van der Waals surface area contributed by atoms with Gasteiger partial charge in [-0.2, -0.15) is 4.98 Å². The topological polar surface area (TPSA) is 81.1 Å². The van der Waals surface area contributed by atoms with Gasteiger partial charge in [-0.25, -0.2) is 4.79 Å². The molecule has 1 heterocycles. The maximum Gasteiger partial charge on any atom is 0.349 e. The van der Waals surface area contributed by atoms with Crippen molar-refractivity contribution in [3.05, 3.63) is 52.1 Å². The lowest BCUT2D eigenvalue weighted by Gasteiger charge is -2.57. The van der Waals surface area contributed by atoms with Crippen molar-refractivity contribution >= 4 is 5.82 Å². The molecule has 4 fully saturated rings. The zero-order chi connectivity index (χ0) is 17.9. The summed E-state index contributed by atoms with van der Waals surface area (Å²) in [6.45, 7) is 0.390. The number of aromatic nitrogens is 2. The highest BCUT2D eigenvalue weighted by molar-refractivity contribution is 5.43. The van der Waals surface area contributed by atoms with E-state index in [-0.39, 0.29) is 16.9 Å². The maximum atomic E-state index is 11.9. The highest BCUT2D eigenvalue weighted by Crippen LogP contribution is 2.61. The van der Waals surface area contributed by atoms with Crippen LogP contribution in [0.4, 0.5) is 5.82 Å². The van der Waals surface area contributed by atoms with Crippen molar-refractivity contribution in [3.8, 4) is 5.75 Å². The molecule has 5 nitrogen and oxygen atoms in total. The Balaban J connectivity index is 1.45. The molecule has 4 saturated carbocycles. The minimum absolute atomic E-state index is 0.178. The second kappa shape index (κ2) is 5.60. The van der Waals surface area contributed by atoms with Crippen molar-refractivity contribution in [1.82, 2.24) is 9.55 Å². The van der Waals surface area contributed by atoms with Gasteiger partial charge in [-0.1, -0.05) is 12.1 Å². The van der Waals surface area contributed by atoms with Crippen LogP contribution in [-0.2, 0) is 12.0 Å². The van der Waals surface area contributed by atoms with E-state index in [0.29, 0.717) is 12.3 Å². The summed E-state index contributed by atoms with van der Waals surface area (Å²) in [6.07, 6.45) is 9.52. The van der Waals surface area contributed by atoms with Gasteiger partial charge in [0.15, 0.2) is 0 Å². The summed E-state index contributed by atoms with van der Waals surface area (Å²) in [5.74, 6) is 3.16. The quantitative estimate of drug-likeness (QED) is 0.890. The second-order valence-corrected chi connectivity index (χ2v) is 8.81. The second-order valence-electron chi connectivity index (χ2n) is 8.81. The number of nitrogens with two attached hydrogens (primary N) is 1. The molecule has 0 aliphatic heterocycles. The summed E-state index contributed by atoms with van der Waals surface area (Å²) in [5.41, 5.74) is 7.39. The van der Waals surface area contributed by atoms with E-state index in [4.69, 9.17) is 5.73 Å². The Morgan fingerprint density at radius 1 is 1.12 bits per heavy atom. The third-order valence-corrected chi connectivity index (χ3v) is 6.92. The Hall–Kier alpha value is -2.30. The standard InChI is InChI=1S/C21H25N3O2/c22-19-3-4-24(20(26)23-19)12-13-1-2-17(18(25)8-13)21-9-14-5-15(10-21)7-16(6-14)11-21/h1-4,8,14-16,25H,5-7,9-12H2,(H2,22,23,26). The van der Waals surface area contributed by atoms with Crippen LogP contribution in [0.3, 0.4) is 0 Å². The molecule has 0 radical (unpaired) electrons. The van der Waals surface area contributed by atoms with E-state index < -0.39 is 0 Å². The van der Waals surface area contributed by atoms with Gasteiger partial charge in [-0.3, -0.25) is 4.57 Å². The SMILES string of the molecule is Nc1ccn(Cc2ccc(C34CC5CC(CC(C5)C3)C4)c(O)c2)c(=O)n1. The highest BCUT2D eigenvalue weighted by Gasteiger charge is 2.52. The van der Waals surface area contributed by atoms with E-state index in [1.165, 1.54) is 43.1 Å². The minimum Gasteiger partial charge on any atom is -0.508 e. The van der Waals surface area contributed by atoms with Gasteiger partial charge in [0.25, 0.3) is 0 Å². The van der Waals surface area contributed by atoms with Crippen LogP contribution < -0.4 is 11.4 Å². The van der Waals surface area contributed by atoms with Gasteiger partial charge in [0, 0.05) is 11.8 Å². The summed E-state index contributed by atoms with van der Waals surface area (Å²) in [7, 11) is 0. The third kappa shape index (κ3) is 2.52. The fourth-order valence-electron chi connectivity index (χ4n) is 6.32. The average molecular weight is 351 g/mol. The molecular weight excluding hydrogens is 326 g/mol. The Kier molecular flexibility index (Phi) is 3.43. The van der Waals surface area contributed by atoms with Crippen LogP contribution in [0.1, 0.15) is 49.7 Å². The molecule has 4 aliphatic rings. The van der Waals surface area contributed by atoms with Crippen LogP contribution in [0.2, 0.25) is 0 Å². The number of phenols is 1. The van der Waals surface area contributed by atoms with Gasteiger partial charge < -0.3 is 10.8 Å². The van der Waals surface area contributed by atoms with Crippen LogP contribution in [0.5, 0.6) is 5.75 Å². The number of rotatable bonds is 3. The number of hydrogen-bond donors (Lipinski definition) is 2. The number of anilines is 1. The van der Waals surface area contributed by atoms with Crippen molar-refractivity contribution in [2.24, 2.45) is 17.8 Å². The zero-order valence-corrected chi connectivity index (χ0v) is 14.9. The fraction of sp³-hybridized carbons (Fsp3) is 0.524. The molecule has 0 atom stereocenters. The number of nitrogens with zero attached hydrogens (tertiary/aromatic N) is 2. The molecular formula is C21H25N3O2. The van der Waals surface area contributed by atoms with Crippen LogP contribution >= 0.6 is 0 Å². The maximum absolute atomic E-state index is 11.9. The van der Waals surface area contributed by atoms with E-state index in [1.54, 1.807) is 12.3 Å². The molecule has 1 aromatic carbocycles. The fourth-order valence-corrected chi connectivity index (χ4v) is 6.32. The van der Waals surface area contributed by atoms with Crippen LogP contribution in [0.25, 0.3) is 0 Å². The van der Waals surface area contributed by atoms with Gasteiger partial charge in [0.05, 0.1) is 6.54 Å². The number of phenolic OH excluding ortho intramolecular Hbond substituents is 1.